The van der Waals surface area contributed by atoms with E-state index in [1.807, 2.05) is 32.0 Å². The molecule has 2 aliphatic rings. The summed E-state index contributed by atoms with van der Waals surface area (Å²) in [4.78, 5) is 2.30. The summed E-state index contributed by atoms with van der Waals surface area (Å²) in [5.74, 6) is 0.861. The minimum atomic E-state index is -0.593. The molecule has 1 fully saturated rings. The predicted molar refractivity (Wildman–Crippen MR) is 80.0 cm³/mol. The smallest absolute Gasteiger partial charge is 0.131 e. The van der Waals surface area contributed by atoms with Crippen molar-refractivity contribution < 1.29 is 14.6 Å². The van der Waals surface area contributed by atoms with Crippen LogP contribution in [-0.2, 0) is 4.74 Å². The molecule has 0 bridgehead atoms. The van der Waals surface area contributed by atoms with E-state index in [0.29, 0.717) is 13.2 Å². The average molecular weight is 342 g/mol. The van der Waals surface area contributed by atoms with Crippen LogP contribution in [-0.4, -0.2) is 48.0 Å². The summed E-state index contributed by atoms with van der Waals surface area (Å²) in [7, 11) is 0. The first-order chi connectivity index (χ1) is 9.49. The zero-order chi connectivity index (χ0) is 14.3. The molecule has 0 radical (unpaired) electrons. The lowest BCUT2D eigenvalue weighted by atomic mass is 9.85. The summed E-state index contributed by atoms with van der Waals surface area (Å²) >= 11 is 3.51. The summed E-state index contributed by atoms with van der Waals surface area (Å²) in [5.41, 5.74) is 0.456. The van der Waals surface area contributed by atoms with Gasteiger partial charge < -0.3 is 14.6 Å². The van der Waals surface area contributed by atoms with Gasteiger partial charge in [0.15, 0.2) is 0 Å². The molecule has 20 heavy (non-hydrogen) atoms. The number of aliphatic hydroxyl groups excluding tert-OH is 1. The molecular formula is C15H20BrNO3. The van der Waals surface area contributed by atoms with Gasteiger partial charge >= 0.3 is 0 Å². The normalized spacial score (nSPS) is 29.6. The number of aliphatic hydroxyl groups is 1. The summed E-state index contributed by atoms with van der Waals surface area (Å²) < 4.78 is 12.4. The number of benzene rings is 1. The summed E-state index contributed by atoms with van der Waals surface area (Å²) in [6.07, 6.45) is -0.567. The van der Waals surface area contributed by atoms with E-state index in [0.717, 1.165) is 28.9 Å². The lowest BCUT2D eigenvalue weighted by Gasteiger charge is -2.47. The van der Waals surface area contributed by atoms with Crippen molar-refractivity contribution in [1.29, 1.82) is 0 Å². The fraction of sp³-hybridized carbons (Fsp3) is 0.600. The van der Waals surface area contributed by atoms with Crippen LogP contribution in [0.4, 0.5) is 0 Å². The highest BCUT2D eigenvalue weighted by atomic mass is 79.9. The van der Waals surface area contributed by atoms with Gasteiger partial charge in [0.25, 0.3) is 0 Å². The Balaban J connectivity index is 2.03. The monoisotopic (exact) mass is 341 g/mol. The Morgan fingerprint density at radius 1 is 1.30 bits per heavy atom. The van der Waals surface area contributed by atoms with Crippen molar-refractivity contribution in [2.24, 2.45) is 0 Å². The van der Waals surface area contributed by atoms with Crippen molar-refractivity contribution in [3.05, 3.63) is 28.2 Å². The first-order valence-corrected chi connectivity index (χ1v) is 7.77. The van der Waals surface area contributed by atoms with Gasteiger partial charge in [-0.25, -0.2) is 0 Å². The molecule has 5 heteroatoms. The summed E-state index contributed by atoms with van der Waals surface area (Å²) in [5, 5.41) is 10.8. The Morgan fingerprint density at radius 3 is 2.70 bits per heavy atom. The first kappa shape index (κ1) is 14.3. The van der Waals surface area contributed by atoms with E-state index in [-0.39, 0.29) is 6.04 Å². The van der Waals surface area contributed by atoms with E-state index in [1.54, 1.807) is 0 Å². The highest BCUT2D eigenvalue weighted by Crippen LogP contribution is 2.43. The lowest BCUT2D eigenvalue weighted by Crippen LogP contribution is -2.55. The van der Waals surface area contributed by atoms with Crippen LogP contribution in [0.1, 0.15) is 25.5 Å². The molecule has 0 unspecified atom stereocenters. The van der Waals surface area contributed by atoms with E-state index in [1.165, 1.54) is 0 Å². The van der Waals surface area contributed by atoms with Crippen LogP contribution in [0.25, 0.3) is 0 Å². The maximum Gasteiger partial charge on any atom is 0.131 e. The van der Waals surface area contributed by atoms with Gasteiger partial charge in [-0.3, -0.25) is 4.90 Å². The molecule has 0 aliphatic carbocycles. The van der Waals surface area contributed by atoms with Crippen LogP contribution in [0.3, 0.4) is 0 Å². The Bertz CT molecular complexity index is 500. The molecular weight excluding hydrogens is 322 g/mol. The van der Waals surface area contributed by atoms with Crippen molar-refractivity contribution in [2.45, 2.75) is 31.6 Å². The molecule has 1 saturated heterocycles. The van der Waals surface area contributed by atoms with Crippen molar-refractivity contribution in [3.8, 4) is 5.75 Å². The number of rotatable bonds is 1. The van der Waals surface area contributed by atoms with E-state index >= 15 is 0 Å². The second kappa shape index (κ2) is 5.30. The van der Waals surface area contributed by atoms with Crippen LogP contribution in [0.2, 0.25) is 0 Å². The van der Waals surface area contributed by atoms with Gasteiger partial charge in [0.05, 0.1) is 19.3 Å². The van der Waals surface area contributed by atoms with Gasteiger partial charge in [-0.2, -0.15) is 0 Å². The zero-order valence-corrected chi connectivity index (χ0v) is 13.4. The molecule has 110 valence electrons. The Labute approximate surface area is 127 Å². The molecule has 3 rings (SSSR count). The molecule has 1 aromatic carbocycles. The SMILES string of the molecule is CC1(C)Oc2ccc(Br)cc2[C@@H](N2CCOCC2)[C@@H]1O. The van der Waals surface area contributed by atoms with Gasteiger partial charge in [0.2, 0.25) is 0 Å². The highest BCUT2D eigenvalue weighted by molar-refractivity contribution is 9.10. The molecule has 2 atom stereocenters. The summed E-state index contributed by atoms with van der Waals surface area (Å²) in [6, 6.07) is 5.95. The van der Waals surface area contributed by atoms with Crippen molar-refractivity contribution in [3.63, 3.8) is 0 Å². The fourth-order valence-corrected chi connectivity index (χ4v) is 3.37. The molecule has 1 aromatic rings. The number of halogens is 1. The van der Waals surface area contributed by atoms with Crippen molar-refractivity contribution in [1.82, 2.24) is 4.90 Å². The largest absolute Gasteiger partial charge is 0.485 e. The number of hydrogen-bond donors (Lipinski definition) is 1. The summed E-state index contributed by atoms with van der Waals surface area (Å²) in [6.45, 7) is 6.99. The Morgan fingerprint density at radius 2 is 2.00 bits per heavy atom. The first-order valence-electron chi connectivity index (χ1n) is 6.97. The molecule has 2 aliphatic heterocycles. The Hall–Kier alpha value is -0.620. The standard InChI is InChI=1S/C15H20BrNO3/c1-15(2)14(18)13(17-5-7-19-8-6-17)11-9-10(16)3-4-12(11)20-15/h3-4,9,13-14,18H,5-8H2,1-2H3/t13-,14+/m1/s1. The van der Waals surface area contributed by atoms with Gasteiger partial charge in [-0.05, 0) is 32.0 Å². The van der Waals surface area contributed by atoms with Gasteiger partial charge in [0.1, 0.15) is 17.5 Å². The van der Waals surface area contributed by atoms with E-state index in [2.05, 4.69) is 20.8 Å². The number of nitrogens with zero attached hydrogens (tertiary/aromatic N) is 1. The van der Waals surface area contributed by atoms with E-state index in [4.69, 9.17) is 9.47 Å². The van der Waals surface area contributed by atoms with E-state index in [9.17, 15) is 5.11 Å². The quantitative estimate of drug-likeness (QED) is 0.851. The van der Waals surface area contributed by atoms with Gasteiger partial charge in [0, 0.05) is 23.1 Å². The minimum absolute atomic E-state index is 0.0462. The minimum Gasteiger partial charge on any atom is -0.485 e. The van der Waals surface area contributed by atoms with Gasteiger partial charge in [-0.1, -0.05) is 15.9 Å². The molecule has 2 heterocycles. The zero-order valence-electron chi connectivity index (χ0n) is 11.8. The second-order valence-electron chi connectivity index (χ2n) is 5.93. The predicted octanol–water partition coefficient (Wildman–Crippen LogP) is 2.35. The third-order valence-electron chi connectivity index (χ3n) is 4.11. The third kappa shape index (κ3) is 2.48. The number of ether oxygens (including phenoxy) is 2. The van der Waals surface area contributed by atoms with Crippen LogP contribution in [0, 0.1) is 0 Å². The molecule has 0 amide bonds. The second-order valence-corrected chi connectivity index (χ2v) is 6.84. The van der Waals surface area contributed by atoms with Crippen LogP contribution in [0.5, 0.6) is 5.75 Å². The average Bonchev–Trinajstić information content (AvgIpc) is 2.42. The van der Waals surface area contributed by atoms with Crippen molar-refractivity contribution in [2.75, 3.05) is 26.3 Å². The molecule has 4 nitrogen and oxygen atoms in total. The number of morpholine rings is 1. The third-order valence-corrected chi connectivity index (χ3v) is 4.61. The van der Waals surface area contributed by atoms with Crippen LogP contribution in [0.15, 0.2) is 22.7 Å². The molecule has 0 saturated carbocycles. The van der Waals surface area contributed by atoms with Crippen LogP contribution >= 0.6 is 15.9 Å². The highest BCUT2D eigenvalue weighted by Gasteiger charge is 2.45. The Kier molecular flexibility index (Phi) is 3.79. The van der Waals surface area contributed by atoms with E-state index < -0.39 is 11.7 Å². The lowest BCUT2D eigenvalue weighted by molar-refractivity contribution is -0.108. The van der Waals surface area contributed by atoms with Crippen LogP contribution < -0.4 is 4.74 Å². The topological polar surface area (TPSA) is 41.9 Å². The molecule has 1 N–H and O–H groups in total. The van der Waals surface area contributed by atoms with Crippen molar-refractivity contribution >= 4 is 15.9 Å². The van der Waals surface area contributed by atoms with Gasteiger partial charge in [-0.15, -0.1) is 0 Å². The molecule has 0 spiro atoms. The maximum atomic E-state index is 10.8. The fourth-order valence-electron chi connectivity index (χ4n) is 2.99. The molecule has 0 aromatic heterocycles. The number of fused-ring (bicyclic) bond motifs is 1. The maximum absolute atomic E-state index is 10.8. The number of hydrogen-bond acceptors (Lipinski definition) is 4.